The molecule has 0 bridgehead atoms. The van der Waals surface area contributed by atoms with E-state index in [4.69, 9.17) is 0 Å². The zero-order chi connectivity index (χ0) is 13.2. The lowest BCUT2D eigenvalue weighted by atomic mass is 10.3. The van der Waals surface area contributed by atoms with Crippen LogP contribution >= 0.6 is 0 Å². The molecule has 0 fully saturated rings. The maximum absolute atomic E-state index is 3.97. The van der Waals surface area contributed by atoms with Gasteiger partial charge in [-0.1, -0.05) is 6.08 Å². The van der Waals surface area contributed by atoms with Crippen LogP contribution in [0.4, 0.5) is 0 Å². The van der Waals surface area contributed by atoms with Crippen molar-refractivity contribution in [2.45, 2.75) is 33.6 Å². The SMILES string of the molecule is CC1=CN=CC1.CC1=NC=CC1.Cc1cn[nH]c1. The van der Waals surface area contributed by atoms with Crippen molar-refractivity contribution in [3.8, 4) is 0 Å². The Morgan fingerprint density at radius 3 is 2.17 bits per heavy atom. The lowest BCUT2D eigenvalue weighted by molar-refractivity contribution is 1.09. The second kappa shape index (κ2) is 8.17. The molecule has 0 amide bonds. The molecule has 0 aromatic carbocycles. The van der Waals surface area contributed by atoms with Gasteiger partial charge < -0.3 is 0 Å². The van der Waals surface area contributed by atoms with E-state index in [1.807, 2.05) is 38.7 Å². The summed E-state index contributed by atoms with van der Waals surface area (Å²) in [5, 5.41) is 6.38. The van der Waals surface area contributed by atoms with Crippen LogP contribution in [0, 0.1) is 6.92 Å². The number of aromatic amines is 1. The third-order valence-electron chi connectivity index (χ3n) is 2.26. The molecule has 3 rings (SSSR count). The summed E-state index contributed by atoms with van der Waals surface area (Å²) in [6, 6.07) is 0. The second-order valence-corrected chi connectivity index (χ2v) is 4.24. The summed E-state index contributed by atoms with van der Waals surface area (Å²) in [5.74, 6) is 0. The molecule has 0 atom stereocenters. The molecule has 1 aromatic heterocycles. The highest BCUT2D eigenvalue weighted by molar-refractivity contribution is 5.85. The van der Waals surface area contributed by atoms with E-state index in [2.05, 4.69) is 33.2 Å². The predicted molar refractivity (Wildman–Crippen MR) is 77.1 cm³/mol. The topological polar surface area (TPSA) is 53.4 Å². The molecule has 4 nitrogen and oxygen atoms in total. The van der Waals surface area contributed by atoms with Gasteiger partial charge in [-0.25, -0.2) is 0 Å². The smallest absolute Gasteiger partial charge is 0.0516 e. The Morgan fingerprint density at radius 2 is 2.00 bits per heavy atom. The van der Waals surface area contributed by atoms with Gasteiger partial charge in [0.05, 0.1) is 6.20 Å². The van der Waals surface area contributed by atoms with Gasteiger partial charge in [0.1, 0.15) is 0 Å². The van der Waals surface area contributed by atoms with E-state index >= 15 is 0 Å². The van der Waals surface area contributed by atoms with E-state index in [0.29, 0.717) is 0 Å². The summed E-state index contributed by atoms with van der Waals surface area (Å²) in [4.78, 5) is 7.85. The summed E-state index contributed by atoms with van der Waals surface area (Å²) >= 11 is 0. The lowest BCUT2D eigenvalue weighted by Gasteiger charge is -1.76. The van der Waals surface area contributed by atoms with E-state index in [0.717, 1.165) is 12.8 Å². The van der Waals surface area contributed by atoms with Crippen LogP contribution in [0.15, 0.2) is 46.4 Å². The van der Waals surface area contributed by atoms with Gasteiger partial charge in [0, 0.05) is 43.4 Å². The van der Waals surface area contributed by atoms with Crippen LogP contribution in [0.1, 0.15) is 32.3 Å². The third kappa shape index (κ3) is 6.58. The monoisotopic (exact) mass is 244 g/mol. The normalized spacial score (nSPS) is 15.3. The molecule has 3 heterocycles. The van der Waals surface area contributed by atoms with E-state index < -0.39 is 0 Å². The molecule has 1 N–H and O–H groups in total. The Labute approximate surface area is 108 Å². The molecule has 0 unspecified atom stereocenters. The third-order valence-corrected chi connectivity index (χ3v) is 2.26. The van der Waals surface area contributed by atoms with Crippen LogP contribution in [0.3, 0.4) is 0 Å². The molecule has 2 aliphatic rings. The van der Waals surface area contributed by atoms with E-state index in [1.165, 1.54) is 16.8 Å². The van der Waals surface area contributed by atoms with Crippen LogP contribution < -0.4 is 0 Å². The summed E-state index contributed by atoms with van der Waals surface area (Å²) in [6.45, 7) is 6.09. The summed E-state index contributed by atoms with van der Waals surface area (Å²) in [7, 11) is 0. The van der Waals surface area contributed by atoms with Gasteiger partial charge in [-0.3, -0.25) is 15.1 Å². The molecule has 0 radical (unpaired) electrons. The highest BCUT2D eigenvalue weighted by atomic mass is 15.1. The molecule has 18 heavy (non-hydrogen) atoms. The van der Waals surface area contributed by atoms with Gasteiger partial charge in [0.15, 0.2) is 0 Å². The van der Waals surface area contributed by atoms with Crippen LogP contribution in [0.2, 0.25) is 0 Å². The zero-order valence-corrected chi connectivity index (χ0v) is 11.2. The number of aliphatic imine (C=N–C) groups is 2. The fourth-order valence-corrected chi connectivity index (χ4v) is 1.20. The van der Waals surface area contributed by atoms with Gasteiger partial charge >= 0.3 is 0 Å². The number of H-pyrrole nitrogens is 1. The average Bonchev–Trinajstić information content (AvgIpc) is 3.05. The van der Waals surface area contributed by atoms with Crippen molar-refractivity contribution >= 4 is 11.9 Å². The fourth-order valence-electron chi connectivity index (χ4n) is 1.20. The van der Waals surface area contributed by atoms with Gasteiger partial charge in [-0.15, -0.1) is 0 Å². The van der Waals surface area contributed by atoms with Crippen molar-refractivity contribution in [2.75, 3.05) is 0 Å². The maximum Gasteiger partial charge on any atom is 0.0516 e. The minimum Gasteiger partial charge on any atom is -0.285 e. The Kier molecular flexibility index (Phi) is 6.40. The Balaban J connectivity index is 0.000000135. The molecule has 0 spiro atoms. The van der Waals surface area contributed by atoms with Crippen LogP contribution in [0.25, 0.3) is 0 Å². The predicted octanol–water partition coefficient (Wildman–Crippen LogP) is 3.45. The van der Waals surface area contributed by atoms with Gasteiger partial charge in [-0.2, -0.15) is 5.10 Å². The first-order valence-corrected chi connectivity index (χ1v) is 5.99. The molecule has 2 aliphatic heterocycles. The minimum absolute atomic E-state index is 1.06. The molecule has 4 heteroatoms. The first-order valence-electron chi connectivity index (χ1n) is 5.99. The quantitative estimate of drug-likeness (QED) is 0.746. The van der Waals surface area contributed by atoms with E-state index in [9.17, 15) is 0 Å². The Bertz CT molecular complexity index is 422. The van der Waals surface area contributed by atoms with Crippen molar-refractivity contribution in [2.24, 2.45) is 9.98 Å². The van der Waals surface area contributed by atoms with Crippen molar-refractivity contribution in [1.82, 2.24) is 10.2 Å². The van der Waals surface area contributed by atoms with Crippen LogP contribution in [-0.2, 0) is 0 Å². The van der Waals surface area contributed by atoms with Crippen LogP contribution in [-0.4, -0.2) is 22.1 Å². The van der Waals surface area contributed by atoms with Gasteiger partial charge in [0.25, 0.3) is 0 Å². The minimum atomic E-state index is 1.06. The summed E-state index contributed by atoms with van der Waals surface area (Å²) in [5.41, 5.74) is 3.75. The first kappa shape index (κ1) is 14.1. The molecule has 0 aliphatic carbocycles. The summed E-state index contributed by atoms with van der Waals surface area (Å²) < 4.78 is 0. The van der Waals surface area contributed by atoms with Gasteiger partial charge in [0.2, 0.25) is 0 Å². The second-order valence-electron chi connectivity index (χ2n) is 4.24. The largest absolute Gasteiger partial charge is 0.285 e. The molecular weight excluding hydrogens is 224 g/mol. The van der Waals surface area contributed by atoms with Crippen LogP contribution in [0.5, 0.6) is 0 Å². The average molecular weight is 244 g/mol. The molecular formula is C14H20N4. The number of nitrogens with one attached hydrogen (secondary N) is 1. The van der Waals surface area contributed by atoms with E-state index in [-0.39, 0.29) is 0 Å². The molecule has 96 valence electrons. The number of aromatic nitrogens is 2. The molecule has 1 aromatic rings. The molecule has 0 saturated heterocycles. The van der Waals surface area contributed by atoms with Crippen molar-refractivity contribution in [3.05, 3.63) is 42.0 Å². The fraction of sp³-hybridized carbons (Fsp3) is 0.357. The number of hydrogen-bond donors (Lipinski definition) is 1. The zero-order valence-electron chi connectivity index (χ0n) is 11.2. The molecule has 0 saturated carbocycles. The van der Waals surface area contributed by atoms with Gasteiger partial charge in [-0.05, 0) is 31.9 Å². The number of allylic oxidation sites excluding steroid dienone is 2. The first-order chi connectivity index (χ1) is 8.68. The highest BCUT2D eigenvalue weighted by Crippen LogP contribution is 2.02. The van der Waals surface area contributed by atoms with Crippen molar-refractivity contribution in [1.29, 1.82) is 0 Å². The maximum atomic E-state index is 3.97. The number of nitrogens with zero attached hydrogens (tertiary/aromatic N) is 3. The van der Waals surface area contributed by atoms with Crippen molar-refractivity contribution in [3.63, 3.8) is 0 Å². The standard InChI is InChI=1S/2C5H7N.C4H6N2/c1-5-2-3-6-4-5;1-5-3-2-4-6-5;1-4-2-5-6-3-4/h3-4H,2H2,1H3;2,4H,3H2,1H3;2-3H,1H3,(H,5,6). The lowest BCUT2D eigenvalue weighted by Crippen LogP contribution is -1.78. The Hall–Kier alpha value is -1.97. The van der Waals surface area contributed by atoms with E-state index in [1.54, 1.807) is 6.20 Å². The van der Waals surface area contributed by atoms with Crippen molar-refractivity contribution < 1.29 is 0 Å². The Morgan fingerprint density at radius 1 is 1.17 bits per heavy atom. The summed E-state index contributed by atoms with van der Waals surface area (Å²) in [6.07, 6.45) is 13.4. The number of aryl methyl sites for hydroxylation is 1. The number of hydrogen-bond acceptors (Lipinski definition) is 3. The number of rotatable bonds is 0. The highest BCUT2D eigenvalue weighted by Gasteiger charge is 1.88.